The highest BCUT2D eigenvalue weighted by atomic mass is 16.7. The van der Waals surface area contributed by atoms with Crippen molar-refractivity contribution >= 4 is 16.8 Å². The first-order valence-electron chi connectivity index (χ1n) is 8.84. The van der Waals surface area contributed by atoms with E-state index in [1.807, 2.05) is 60.7 Å². The Kier molecular flexibility index (Phi) is 3.50. The van der Waals surface area contributed by atoms with Crippen LogP contribution < -0.4 is 9.47 Å². The minimum absolute atomic E-state index is 0.0418. The van der Waals surface area contributed by atoms with Crippen molar-refractivity contribution < 1.29 is 14.3 Å². The number of nitrogens with zero attached hydrogens (tertiary/aromatic N) is 1. The SMILES string of the molecule is CC(=O)n1c(-c2ccccc2)c(-c2ccccc2)c2cc3c(cc21)OCO3. The van der Waals surface area contributed by atoms with E-state index >= 15 is 0 Å². The molecule has 0 bridgehead atoms. The number of carbonyl (C=O) groups is 1. The molecule has 2 heterocycles. The Bertz CT molecular complexity index is 1160. The fourth-order valence-electron chi connectivity index (χ4n) is 3.77. The quantitative estimate of drug-likeness (QED) is 0.486. The Morgan fingerprint density at radius 2 is 1.44 bits per heavy atom. The lowest BCUT2D eigenvalue weighted by Gasteiger charge is -2.10. The van der Waals surface area contributed by atoms with Crippen LogP contribution in [0.2, 0.25) is 0 Å². The summed E-state index contributed by atoms with van der Waals surface area (Å²) >= 11 is 0. The van der Waals surface area contributed by atoms with Crippen LogP contribution in [0.1, 0.15) is 11.7 Å². The first kappa shape index (κ1) is 15.7. The number of aromatic nitrogens is 1. The minimum atomic E-state index is -0.0418. The van der Waals surface area contributed by atoms with Crippen LogP contribution >= 0.6 is 0 Å². The fourth-order valence-corrected chi connectivity index (χ4v) is 3.77. The zero-order valence-electron chi connectivity index (χ0n) is 14.8. The molecule has 0 spiro atoms. The summed E-state index contributed by atoms with van der Waals surface area (Å²) < 4.78 is 12.9. The topological polar surface area (TPSA) is 40.5 Å². The molecule has 1 aliphatic heterocycles. The Hall–Kier alpha value is -3.53. The van der Waals surface area contributed by atoms with E-state index in [0.29, 0.717) is 11.5 Å². The lowest BCUT2D eigenvalue weighted by molar-refractivity contribution is 0.0943. The van der Waals surface area contributed by atoms with Crippen molar-refractivity contribution in [2.45, 2.75) is 6.92 Å². The summed E-state index contributed by atoms with van der Waals surface area (Å²) in [6, 6.07) is 24.0. The van der Waals surface area contributed by atoms with Crippen molar-refractivity contribution in [1.82, 2.24) is 4.57 Å². The molecule has 0 aliphatic carbocycles. The van der Waals surface area contributed by atoms with Gasteiger partial charge in [-0.15, -0.1) is 0 Å². The van der Waals surface area contributed by atoms with Crippen LogP contribution in [0.3, 0.4) is 0 Å². The van der Waals surface area contributed by atoms with Crippen molar-refractivity contribution in [3.05, 3.63) is 72.8 Å². The van der Waals surface area contributed by atoms with Gasteiger partial charge in [-0.3, -0.25) is 9.36 Å². The third-order valence-electron chi connectivity index (χ3n) is 4.89. The van der Waals surface area contributed by atoms with Gasteiger partial charge in [0.1, 0.15) is 0 Å². The Labute approximate surface area is 156 Å². The Balaban J connectivity index is 1.96. The second kappa shape index (κ2) is 6.02. The molecule has 0 radical (unpaired) electrons. The summed E-state index contributed by atoms with van der Waals surface area (Å²) in [5.74, 6) is 1.33. The van der Waals surface area contributed by atoms with Gasteiger partial charge in [-0.2, -0.15) is 0 Å². The van der Waals surface area contributed by atoms with Crippen LogP contribution in [-0.4, -0.2) is 17.3 Å². The molecule has 4 aromatic rings. The third kappa shape index (κ3) is 2.41. The molecular weight excluding hydrogens is 338 g/mol. The number of hydrogen-bond acceptors (Lipinski definition) is 3. The number of hydrogen-bond donors (Lipinski definition) is 0. The minimum Gasteiger partial charge on any atom is -0.454 e. The Morgan fingerprint density at radius 3 is 2.07 bits per heavy atom. The van der Waals surface area contributed by atoms with Gasteiger partial charge in [0, 0.05) is 23.9 Å². The molecule has 1 aliphatic rings. The molecule has 0 atom stereocenters. The first-order valence-corrected chi connectivity index (χ1v) is 8.84. The van der Waals surface area contributed by atoms with Crippen molar-refractivity contribution in [1.29, 1.82) is 0 Å². The van der Waals surface area contributed by atoms with Crippen LogP contribution in [0.15, 0.2) is 72.8 Å². The molecule has 5 rings (SSSR count). The maximum Gasteiger partial charge on any atom is 0.231 e. The van der Waals surface area contributed by atoms with Gasteiger partial charge in [0.2, 0.25) is 12.7 Å². The maximum absolute atomic E-state index is 12.7. The molecule has 0 fully saturated rings. The van der Waals surface area contributed by atoms with Gasteiger partial charge in [0.15, 0.2) is 11.5 Å². The summed E-state index contributed by atoms with van der Waals surface area (Å²) in [7, 11) is 0. The summed E-state index contributed by atoms with van der Waals surface area (Å²) in [5.41, 5.74) is 4.77. The summed E-state index contributed by atoms with van der Waals surface area (Å²) in [5, 5.41) is 0.972. The first-order chi connectivity index (χ1) is 13.2. The van der Waals surface area contributed by atoms with Gasteiger partial charge in [-0.05, 0) is 17.2 Å². The second-order valence-corrected chi connectivity index (χ2v) is 6.53. The monoisotopic (exact) mass is 355 g/mol. The van der Waals surface area contributed by atoms with Crippen molar-refractivity contribution in [3.8, 4) is 33.9 Å². The van der Waals surface area contributed by atoms with Crippen LogP contribution in [-0.2, 0) is 0 Å². The molecular formula is C23H17NO3. The molecule has 0 unspecified atom stereocenters. The van der Waals surface area contributed by atoms with Gasteiger partial charge < -0.3 is 9.47 Å². The third-order valence-corrected chi connectivity index (χ3v) is 4.89. The summed E-state index contributed by atoms with van der Waals surface area (Å²) in [4.78, 5) is 12.7. The molecule has 3 aromatic carbocycles. The summed E-state index contributed by atoms with van der Waals surface area (Å²) in [6.07, 6.45) is 0. The standard InChI is InChI=1S/C23H17NO3/c1-15(25)24-19-13-21-20(26-14-27-21)12-18(19)22(16-8-4-2-5-9-16)23(24)17-10-6-3-7-11-17/h2-13H,14H2,1H3. The lowest BCUT2D eigenvalue weighted by atomic mass is 9.98. The number of rotatable bonds is 2. The number of carbonyl (C=O) groups excluding carboxylic acids is 1. The fraction of sp³-hybridized carbons (Fsp3) is 0.0870. The van der Waals surface area contributed by atoms with Crippen molar-refractivity contribution in [2.24, 2.45) is 0 Å². The van der Waals surface area contributed by atoms with E-state index in [0.717, 1.165) is 33.3 Å². The molecule has 0 saturated carbocycles. The van der Waals surface area contributed by atoms with E-state index in [4.69, 9.17) is 9.47 Å². The molecule has 4 heteroatoms. The lowest BCUT2D eigenvalue weighted by Crippen LogP contribution is -2.07. The average Bonchev–Trinajstić information content (AvgIpc) is 3.29. The van der Waals surface area contributed by atoms with Gasteiger partial charge in [-0.1, -0.05) is 60.7 Å². The smallest absolute Gasteiger partial charge is 0.231 e. The largest absolute Gasteiger partial charge is 0.454 e. The number of fused-ring (bicyclic) bond motifs is 2. The molecule has 1 aromatic heterocycles. The molecule has 0 saturated heterocycles. The predicted molar refractivity (Wildman–Crippen MR) is 105 cm³/mol. The molecule has 27 heavy (non-hydrogen) atoms. The van der Waals surface area contributed by atoms with Crippen LogP contribution in [0, 0.1) is 0 Å². The van der Waals surface area contributed by atoms with Gasteiger partial charge in [0.25, 0.3) is 0 Å². The zero-order chi connectivity index (χ0) is 18.4. The highest BCUT2D eigenvalue weighted by molar-refractivity contribution is 6.10. The van der Waals surface area contributed by atoms with Crippen LogP contribution in [0.5, 0.6) is 11.5 Å². The number of ether oxygens (including phenoxy) is 2. The van der Waals surface area contributed by atoms with E-state index in [1.54, 1.807) is 11.5 Å². The summed E-state index contributed by atoms with van der Waals surface area (Å²) in [6.45, 7) is 1.79. The Morgan fingerprint density at radius 1 is 0.852 bits per heavy atom. The zero-order valence-corrected chi connectivity index (χ0v) is 14.8. The molecule has 132 valence electrons. The number of benzene rings is 3. The van der Waals surface area contributed by atoms with E-state index in [9.17, 15) is 4.79 Å². The molecule has 4 nitrogen and oxygen atoms in total. The van der Waals surface area contributed by atoms with E-state index in [2.05, 4.69) is 12.1 Å². The van der Waals surface area contributed by atoms with Gasteiger partial charge in [-0.25, -0.2) is 0 Å². The average molecular weight is 355 g/mol. The van der Waals surface area contributed by atoms with Gasteiger partial charge >= 0.3 is 0 Å². The maximum atomic E-state index is 12.7. The highest BCUT2D eigenvalue weighted by Gasteiger charge is 2.25. The van der Waals surface area contributed by atoms with Crippen LogP contribution in [0.25, 0.3) is 33.3 Å². The van der Waals surface area contributed by atoms with E-state index in [1.165, 1.54) is 0 Å². The molecule has 0 amide bonds. The highest BCUT2D eigenvalue weighted by Crippen LogP contribution is 2.45. The molecule has 0 N–H and O–H groups in total. The van der Waals surface area contributed by atoms with E-state index < -0.39 is 0 Å². The van der Waals surface area contributed by atoms with E-state index in [-0.39, 0.29) is 12.7 Å². The van der Waals surface area contributed by atoms with Gasteiger partial charge in [0.05, 0.1) is 11.2 Å². The second-order valence-electron chi connectivity index (χ2n) is 6.53. The van der Waals surface area contributed by atoms with Crippen molar-refractivity contribution in [2.75, 3.05) is 6.79 Å². The predicted octanol–water partition coefficient (Wildman–Crippen LogP) is 5.36. The van der Waals surface area contributed by atoms with Crippen LogP contribution in [0.4, 0.5) is 0 Å². The van der Waals surface area contributed by atoms with Crippen molar-refractivity contribution in [3.63, 3.8) is 0 Å². The normalized spacial score (nSPS) is 12.5.